The molecular formula is C22H19N5O2. The lowest BCUT2D eigenvalue weighted by Gasteiger charge is -2.16. The average molecular weight is 385 g/mol. The van der Waals surface area contributed by atoms with Crippen molar-refractivity contribution in [1.82, 2.24) is 25.1 Å². The van der Waals surface area contributed by atoms with E-state index in [9.17, 15) is 9.90 Å². The summed E-state index contributed by atoms with van der Waals surface area (Å²) >= 11 is 0. The molecule has 0 radical (unpaired) electrons. The van der Waals surface area contributed by atoms with Crippen LogP contribution in [0.1, 0.15) is 16.8 Å². The number of aliphatic hydroxyl groups excluding tert-OH is 1. The molecule has 0 spiro atoms. The molecule has 0 aliphatic carbocycles. The number of hydrogen-bond donors (Lipinski definition) is 2. The number of carbonyl (C=O) groups excluding carboxylic acids is 1. The first-order chi connectivity index (χ1) is 14.2. The fourth-order valence-electron chi connectivity index (χ4n) is 3.75. The summed E-state index contributed by atoms with van der Waals surface area (Å²) in [6, 6.07) is 10.0. The number of rotatable bonds is 3. The molecule has 1 amide bonds. The highest BCUT2D eigenvalue weighted by Crippen LogP contribution is 2.30. The number of aromatic nitrogens is 4. The first-order valence-corrected chi connectivity index (χ1v) is 9.50. The molecule has 1 aliphatic rings. The van der Waals surface area contributed by atoms with Gasteiger partial charge in [0.05, 0.1) is 29.6 Å². The van der Waals surface area contributed by atoms with E-state index >= 15 is 0 Å². The minimum absolute atomic E-state index is 0.103. The molecule has 0 bridgehead atoms. The van der Waals surface area contributed by atoms with E-state index in [1.165, 1.54) is 0 Å². The lowest BCUT2D eigenvalue weighted by Crippen LogP contribution is -2.29. The summed E-state index contributed by atoms with van der Waals surface area (Å²) in [4.78, 5) is 23.3. The fraction of sp³-hybridized carbons (Fsp3) is 0.182. The van der Waals surface area contributed by atoms with Crippen LogP contribution in [0.3, 0.4) is 0 Å². The van der Waals surface area contributed by atoms with Crippen LogP contribution in [0.2, 0.25) is 0 Å². The topological polar surface area (TPSA) is 95.0 Å². The standard InChI is InChI=1S/C22H19N5O2/c28-18-5-6-27(13-18)22(29)16-7-19-20(11-23-12-21(19)24-8-16)15-3-1-14(2-4-15)17-9-25-26-10-17/h1-4,7-12,18,28H,5-6,13H2,(H,25,26). The highest BCUT2D eigenvalue weighted by molar-refractivity contribution is 6.01. The zero-order valence-corrected chi connectivity index (χ0v) is 15.6. The second-order valence-electron chi connectivity index (χ2n) is 7.24. The van der Waals surface area contributed by atoms with Gasteiger partial charge in [-0.25, -0.2) is 0 Å². The molecule has 1 atom stereocenters. The maximum Gasteiger partial charge on any atom is 0.255 e. The lowest BCUT2D eigenvalue weighted by atomic mass is 9.99. The van der Waals surface area contributed by atoms with Gasteiger partial charge >= 0.3 is 0 Å². The molecular weight excluding hydrogens is 366 g/mol. The summed E-state index contributed by atoms with van der Waals surface area (Å²) in [6.45, 7) is 0.937. The Balaban J connectivity index is 1.53. The number of nitrogens with zero attached hydrogens (tertiary/aromatic N) is 4. The van der Waals surface area contributed by atoms with E-state index in [0.717, 1.165) is 33.2 Å². The highest BCUT2D eigenvalue weighted by Gasteiger charge is 2.25. The van der Waals surface area contributed by atoms with Crippen LogP contribution >= 0.6 is 0 Å². The van der Waals surface area contributed by atoms with Gasteiger partial charge in [-0.05, 0) is 23.6 Å². The third-order valence-electron chi connectivity index (χ3n) is 5.33. The van der Waals surface area contributed by atoms with Crippen molar-refractivity contribution in [2.24, 2.45) is 0 Å². The van der Waals surface area contributed by atoms with Crippen LogP contribution in [0.15, 0.2) is 61.3 Å². The van der Waals surface area contributed by atoms with Crippen LogP contribution in [0, 0.1) is 0 Å². The normalized spacial score (nSPS) is 16.4. The van der Waals surface area contributed by atoms with Crippen molar-refractivity contribution in [3.05, 3.63) is 66.9 Å². The second-order valence-corrected chi connectivity index (χ2v) is 7.24. The molecule has 1 saturated heterocycles. The van der Waals surface area contributed by atoms with Crippen LogP contribution in [-0.4, -0.2) is 55.3 Å². The number of likely N-dealkylation sites (tertiary alicyclic amines) is 1. The third-order valence-corrected chi connectivity index (χ3v) is 5.33. The minimum Gasteiger partial charge on any atom is -0.391 e. The Bertz CT molecular complexity index is 1170. The summed E-state index contributed by atoms with van der Waals surface area (Å²) in [5.41, 5.74) is 5.27. The van der Waals surface area contributed by atoms with Crippen LogP contribution in [0.4, 0.5) is 0 Å². The first kappa shape index (κ1) is 17.5. The number of hydrogen-bond acceptors (Lipinski definition) is 5. The Hall–Kier alpha value is -3.58. The average Bonchev–Trinajstić information content (AvgIpc) is 3.45. The molecule has 1 aliphatic heterocycles. The number of pyridine rings is 2. The molecule has 0 saturated carbocycles. The predicted octanol–water partition coefficient (Wildman–Crippen LogP) is 2.89. The van der Waals surface area contributed by atoms with E-state index < -0.39 is 6.10 Å². The largest absolute Gasteiger partial charge is 0.391 e. The Morgan fingerprint density at radius 3 is 2.62 bits per heavy atom. The van der Waals surface area contributed by atoms with E-state index in [0.29, 0.717) is 25.1 Å². The van der Waals surface area contributed by atoms with Gasteiger partial charge in [0.15, 0.2) is 0 Å². The number of benzene rings is 1. The quantitative estimate of drug-likeness (QED) is 0.565. The monoisotopic (exact) mass is 385 g/mol. The molecule has 1 unspecified atom stereocenters. The summed E-state index contributed by atoms with van der Waals surface area (Å²) in [7, 11) is 0. The number of β-amino-alcohol motifs (C(OH)–C–C–N with tert-alkyl or cyclic N) is 1. The van der Waals surface area contributed by atoms with Gasteiger partial charge in [-0.2, -0.15) is 5.10 Å². The number of fused-ring (bicyclic) bond motifs is 1. The van der Waals surface area contributed by atoms with Gasteiger partial charge in [0.2, 0.25) is 0 Å². The molecule has 1 fully saturated rings. The van der Waals surface area contributed by atoms with Crippen molar-refractivity contribution in [2.45, 2.75) is 12.5 Å². The van der Waals surface area contributed by atoms with Crippen molar-refractivity contribution in [2.75, 3.05) is 13.1 Å². The van der Waals surface area contributed by atoms with Crippen molar-refractivity contribution in [3.63, 3.8) is 0 Å². The summed E-state index contributed by atoms with van der Waals surface area (Å²) < 4.78 is 0. The van der Waals surface area contributed by atoms with Gasteiger partial charge in [0.1, 0.15) is 0 Å². The Morgan fingerprint density at radius 2 is 1.90 bits per heavy atom. The number of nitrogens with one attached hydrogen (secondary N) is 1. The molecule has 4 aromatic rings. The van der Waals surface area contributed by atoms with Crippen LogP contribution in [-0.2, 0) is 0 Å². The number of amides is 1. The molecule has 2 N–H and O–H groups in total. The third kappa shape index (κ3) is 3.25. The SMILES string of the molecule is O=C(c1cnc2cncc(-c3ccc(-c4cn[nH]c4)cc3)c2c1)N1CCC(O)C1. The summed E-state index contributed by atoms with van der Waals surface area (Å²) in [6.07, 6.45) is 8.89. The Kier molecular flexibility index (Phi) is 4.29. The van der Waals surface area contributed by atoms with Crippen LogP contribution < -0.4 is 0 Å². The van der Waals surface area contributed by atoms with E-state index in [4.69, 9.17) is 0 Å². The van der Waals surface area contributed by atoms with E-state index in [1.807, 2.05) is 36.5 Å². The van der Waals surface area contributed by atoms with Gasteiger partial charge in [0, 0.05) is 48.2 Å². The van der Waals surface area contributed by atoms with Crippen LogP contribution in [0.5, 0.6) is 0 Å². The second kappa shape index (κ2) is 7.10. The van der Waals surface area contributed by atoms with Gasteiger partial charge in [0.25, 0.3) is 5.91 Å². The zero-order valence-electron chi connectivity index (χ0n) is 15.6. The Labute approximate surface area is 167 Å². The zero-order chi connectivity index (χ0) is 19.8. The molecule has 7 nitrogen and oxygen atoms in total. The predicted molar refractivity (Wildman–Crippen MR) is 109 cm³/mol. The summed E-state index contributed by atoms with van der Waals surface area (Å²) in [5.74, 6) is -0.103. The maximum absolute atomic E-state index is 12.8. The first-order valence-electron chi connectivity index (χ1n) is 9.50. The molecule has 7 heteroatoms. The number of aliphatic hydroxyl groups is 1. The highest BCUT2D eigenvalue weighted by atomic mass is 16.3. The minimum atomic E-state index is -0.444. The van der Waals surface area contributed by atoms with Crippen LogP contribution in [0.25, 0.3) is 33.2 Å². The van der Waals surface area contributed by atoms with E-state index in [2.05, 4.69) is 20.2 Å². The molecule has 4 heterocycles. The van der Waals surface area contributed by atoms with Crippen molar-refractivity contribution in [1.29, 1.82) is 0 Å². The van der Waals surface area contributed by atoms with Gasteiger partial charge in [-0.3, -0.25) is 19.9 Å². The van der Waals surface area contributed by atoms with E-state index in [1.54, 1.807) is 29.7 Å². The van der Waals surface area contributed by atoms with Gasteiger partial charge < -0.3 is 10.0 Å². The summed E-state index contributed by atoms with van der Waals surface area (Å²) in [5, 5.41) is 17.4. The number of carbonyl (C=O) groups is 1. The van der Waals surface area contributed by atoms with Crippen molar-refractivity contribution >= 4 is 16.8 Å². The number of aromatic amines is 1. The van der Waals surface area contributed by atoms with Crippen molar-refractivity contribution in [3.8, 4) is 22.3 Å². The lowest BCUT2D eigenvalue weighted by molar-refractivity contribution is 0.0765. The van der Waals surface area contributed by atoms with Gasteiger partial charge in [-0.15, -0.1) is 0 Å². The smallest absolute Gasteiger partial charge is 0.255 e. The molecule has 5 rings (SSSR count). The maximum atomic E-state index is 12.8. The molecule has 3 aromatic heterocycles. The molecule has 29 heavy (non-hydrogen) atoms. The van der Waals surface area contributed by atoms with Gasteiger partial charge in [-0.1, -0.05) is 24.3 Å². The molecule has 1 aromatic carbocycles. The number of H-pyrrole nitrogens is 1. The Morgan fingerprint density at radius 1 is 1.07 bits per heavy atom. The molecule has 144 valence electrons. The van der Waals surface area contributed by atoms with E-state index in [-0.39, 0.29) is 5.91 Å². The van der Waals surface area contributed by atoms with Crippen molar-refractivity contribution < 1.29 is 9.90 Å². The fourth-order valence-corrected chi connectivity index (χ4v) is 3.75.